The summed E-state index contributed by atoms with van der Waals surface area (Å²) in [5, 5.41) is 2.92. The molecule has 19 heavy (non-hydrogen) atoms. The van der Waals surface area contributed by atoms with E-state index in [1.165, 1.54) is 19.3 Å². The van der Waals surface area contributed by atoms with Crippen molar-refractivity contribution in [1.82, 2.24) is 10.2 Å². The third kappa shape index (κ3) is 4.10. The van der Waals surface area contributed by atoms with Crippen molar-refractivity contribution in [2.24, 2.45) is 0 Å². The molecule has 0 radical (unpaired) electrons. The minimum Gasteiger partial charge on any atom is -0.455 e. The molecule has 106 valence electrons. The average molecular weight is 264 g/mol. The molecule has 4 heteroatoms. The molecule has 1 aliphatic heterocycles. The molecule has 1 fully saturated rings. The van der Waals surface area contributed by atoms with Crippen molar-refractivity contribution in [2.45, 2.75) is 52.1 Å². The van der Waals surface area contributed by atoms with Crippen LogP contribution in [0.15, 0.2) is 16.5 Å². The van der Waals surface area contributed by atoms with Crippen LogP contribution in [-0.4, -0.2) is 29.9 Å². The van der Waals surface area contributed by atoms with Crippen LogP contribution in [0.4, 0.5) is 0 Å². The Bertz CT molecular complexity index is 408. The monoisotopic (exact) mass is 264 g/mol. The predicted octanol–water partition coefficient (Wildman–Crippen LogP) is 2.79. The second-order valence-corrected chi connectivity index (χ2v) is 5.39. The molecule has 1 N–H and O–H groups in total. The van der Waals surface area contributed by atoms with Crippen molar-refractivity contribution in [3.63, 3.8) is 0 Å². The van der Waals surface area contributed by atoms with E-state index in [2.05, 4.69) is 17.1 Å². The number of nitrogens with zero attached hydrogens (tertiary/aromatic N) is 1. The molecule has 0 aliphatic carbocycles. The Kier molecular flexibility index (Phi) is 5.02. The van der Waals surface area contributed by atoms with Crippen molar-refractivity contribution in [2.75, 3.05) is 13.1 Å². The summed E-state index contributed by atoms with van der Waals surface area (Å²) in [5.41, 5.74) is 0. The van der Waals surface area contributed by atoms with E-state index < -0.39 is 0 Å². The molecule has 2 rings (SSSR count). The van der Waals surface area contributed by atoms with Gasteiger partial charge in [-0.05, 0) is 51.4 Å². The highest BCUT2D eigenvalue weighted by atomic mass is 16.4. The number of carbonyl (C=O) groups excluding carboxylic acids is 1. The van der Waals surface area contributed by atoms with Crippen LogP contribution in [0.1, 0.15) is 55.8 Å². The molecule has 1 aliphatic rings. The Morgan fingerprint density at radius 1 is 1.37 bits per heavy atom. The van der Waals surface area contributed by atoms with E-state index in [0.717, 1.165) is 31.8 Å². The van der Waals surface area contributed by atoms with E-state index >= 15 is 0 Å². The van der Waals surface area contributed by atoms with Crippen LogP contribution < -0.4 is 5.32 Å². The number of carbonyl (C=O) groups is 1. The lowest BCUT2D eigenvalue weighted by molar-refractivity contribution is 0.0906. The number of nitrogens with one attached hydrogen (secondary N) is 1. The van der Waals surface area contributed by atoms with Gasteiger partial charge in [0.2, 0.25) is 0 Å². The quantitative estimate of drug-likeness (QED) is 0.889. The van der Waals surface area contributed by atoms with Gasteiger partial charge in [-0.3, -0.25) is 9.69 Å². The normalized spacial score (nSPS) is 18.2. The molecule has 0 bridgehead atoms. The molecule has 1 aromatic rings. The fourth-order valence-electron chi connectivity index (χ4n) is 2.32. The molecule has 4 nitrogen and oxygen atoms in total. The Balaban J connectivity index is 1.89. The van der Waals surface area contributed by atoms with Gasteiger partial charge in [-0.2, -0.15) is 0 Å². The van der Waals surface area contributed by atoms with Gasteiger partial charge in [0.1, 0.15) is 5.76 Å². The summed E-state index contributed by atoms with van der Waals surface area (Å²) in [4.78, 5) is 14.3. The number of likely N-dealkylation sites (tertiary alicyclic amines) is 1. The molecule has 1 amide bonds. The number of hydrogen-bond acceptors (Lipinski definition) is 3. The van der Waals surface area contributed by atoms with Crippen LogP contribution in [0.3, 0.4) is 0 Å². The molecule has 0 aromatic carbocycles. The van der Waals surface area contributed by atoms with Gasteiger partial charge in [0, 0.05) is 6.04 Å². The molecule has 1 saturated heterocycles. The van der Waals surface area contributed by atoms with Crippen LogP contribution in [0.2, 0.25) is 0 Å². The maximum atomic E-state index is 11.9. The lowest BCUT2D eigenvalue weighted by Gasteiger charge is -2.25. The van der Waals surface area contributed by atoms with Crippen molar-refractivity contribution in [3.8, 4) is 0 Å². The first kappa shape index (κ1) is 14.1. The largest absolute Gasteiger partial charge is 0.455 e. The number of rotatable bonds is 5. The molecule has 2 heterocycles. The van der Waals surface area contributed by atoms with E-state index in [0.29, 0.717) is 5.76 Å². The van der Waals surface area contributed by atoms with Gasteiger partial charge in [0.05, 0.1) is 6.54 Å². The van der Waals surface area contributed by atoms with Crippen molar-refractivity contribution in [1.29, 1.82) is 0 Å². The zero-order chi connectivity index (χ0) is 13.7. The molecule has 1 aromatic heterocycles. The maximum Gasteiger partial charge on any atom is 0.287 e. The summed E-state index contributed by atoms with van der Waals surface area (Å²) in [7, 11) is 0. The topological polar surface area (TPSA) is 45.5 Å². The summed E-state index contributed by atoms with van der Waals surface area (Å²) < 4.78 is 5.64. The molecular formula is C15H24N2O2. The van der Waals surface area contributed by atoms with Crippen LogP contribution >= 0.6 is 0 Å². The SMILES string of the molecule is CCC(C)NC(=O)c1ccc(CN2CCCCC2)o1. The Morgan fingerprint density at radius 3 is 2.79 bits per heavy atom. The van der Waals surface area contributed by atoms with Crippen molar-refractivity contribution < 1.29 is 9.21 Å². The zero-order valence-electron chi connectivity index (χ0n) is 11.9. The van der Waals surface area contributed by atoms with Gasteiger partial charge in [-0.15, -0.1) is 0 Å². The summed E-state index contributed by atoms with van der Waals surface area (Å²) in [5.74, 6) is 1.20. The number of amides is 1. The standard InChI is InChI=1S/C15H24N2O2/c1-3-12(2)16-15(18)14-8-7-13(19-14)11-17-9-5-4-6-10-17/h7-8,12H,3-6,9-11H2,1-2H3,(H,16,18). The van der Waals surface area contributed by atoms with Crippen LogP contribution in [0.5, 0.6) is 0 Å². The van der Waals surface area contributed by atoms with Crippen LogP contribution in [0.25, 0.3) is 0 Å². The highest BCUT2D eigenvalue weighted by Gasteiger charge is 2.16. The number of piperidine rings is 1. The highest BCUT2D eigenvalue weighted by Crippen LogP contribution is 2.15. The molecule has 0 saturated carbocycles. The smallest absolute Gasteiger partial charge is 0.287 e. The van der Waals surface area contributed by atoms with E-state index in [9.17, 15) is 4.79 Å². The van der Waals surface area contributed by atoms with Gasteiger partial charge in [0.15, 0.2) is 5.76 Å². The summed E-state index contributed by atoms with van der Waals surface area (Å²) in [6, 6.07) is 3.88. The van der Waals surface area contributed by atoms with Gasteiger partial charge in [-0.25, -0.2) is 0 Å². The van der Waals surface area contributed by atoms with E-state index in [-0.39, 0.29) is 11.9 Å². The summed E-state index contributed by atoms with van der Waals surface area (Å²) in [6.45, 7) is 7.13. The molecule has 1 unspecified atom stereocenters. The summed E-state index contributed by atoms with van der Waals surface area (Å²) >= 11 is 0. The van der Waals surface area contributed by atoms with Gasteiger partial charge in [0.25, 0.3) is 5.91 Å². The lowest BCUT2D eigenvalue weighted by atomic mass is 10.1. The van der Waals surface area contributed by atoms with Crippen molar-refractivity contribution >= 4 is 5.91 Å². The molecule has 1 atom stereocenters. The minimum absolute atomic E-state index is 0.112. The van der Waals surface area contributed by atoms with E-state index in [4.69, 9.17) is 4.42 Å². The van der Waals surface area contributed by atoms with Crippen LogP contribution in [0, 0.1) is 0 Å². The van der Waals surface area contributed by atoms with Gasteiger partial charge >= 0.3 is 0 Å². The number of hydrogen-bond donors (Lipinski definition) is 1. The molecule has 0 spiro atoms. The Hall–Kier alpha value is -1.29. The summed E-state index contributed by atoms with van der Waals surface area (Å²) in [6.07, 6.45) is 4.79. The third-order valence-electron chi connectivity index (χ3n) is 3.70. The Labute approximate surface area is 115 Å². The highest BCUT2D eigenvalue weighted by molar-refractivity contribution is 5.91. The van der Waals surface area contributed by atoms with Crippen molar-refractivity contribution in [3.05, 3.63) is 23.7 Å². The first-order chi connectivity index (χ1) is 9.19. The van der Waals surface area contributed by atoms with E-state index in [1.807, 2.05) is 13.0 Å². The fraction of sp³-hybridized carbons (Fsp3) is 0.667. The predicted molar refractivity (Wildman–Crippen MR) is 75.1 cm³/mol. The number of furan rings is 1. The zero-order valence-corrected chi connectivity index (χ0v) is 11.9. The fourth-order valence-corrected chi connectivity index (χ4v) is 2.32. The van der Waals surface area contributed by atoms with Gasteiger partial charge < -0.3 is 9.73 Å². The first-order valence-electron chi connectivity index (χ1n) is 7.31. The maximum absolute atomic E-state index is 11.9. The van der Waals surface area contributed by atoms with E-state index in [1.54, 1.807) is 6.07 Å². The minimum atomic E-state index is -0.112. The second-order valence-electron chi connectivity index (χ2n) is 5.39. The average Bonchev–Trinajstić information content (AvgIpc) is 2.88. The second kappa shape index (κ2) is 6.75. The lowest BCUT2D eigenvalue weighted by Crippen LogP contribution is -2.31. The van der Waals surface area contributed by atoms with Crippen LogP contribution in [-0.2, 0) is 6.54 Å². The Morgan fingerprint density at radius 2 is 2.11 bits per heavy atom. The third-order valence-corrected chi connectivity index (χ3v) is 3.70. The van der Waals surface area contributed by atoms with Gasteiger partial charge in [-0.1, -0.05) is 13.3 Å². The molecular weight excluding hydrogens is 240 g/mol. The first-order valence-corrected chi connectivity index (χ1v) is 7.31.